The van der Waals surface area contributed by atoms with Gasteiger partial charge in [0.15, 0.2) is 5.13 Å². The van der Waals surface area contributed by atoms with Crippen molar-refractivity contribution in [1.29, 1.82) is 0 Å². The standard InChI is InChI=1S/C21H19F3N4O3S/c1-30-17-7-6-13(18(10-17)31-2)11-25-28-19(29)9-16-12-32-20(27-16)26-15-5-3-4-14(8-15)21(22,23)24/h3-8,10-12H,9H2,1-2H3,(H,26,27)(H,28,29)/b25-11-. The fraction of sp³-hybridized carbons (Fsp3) is 0.190. The highest BCUT2D eigenvalue weighted by Crippen LogP contribution is 2.31. The number of rotatable bonds is 8. The van der Waals surface area contributed by atoms with Gasteiger partial charge < -0.3 is 14.8 Å². The molecule has 1 heterocycles. The van der Waals surface area contributed by atoms with Gasteiger partial charge in [-0.15, -0.1) is 11.3 Å². The molecule has 11 heteroatoms. The number of alkyl halides is 3. The molecule has 3 rings (SSSR count). The monoisotopic (exact) mass is 464 g/mol. The van der Waals surface area contributed by atoms with Crippen molar-refractivity contribution < 1.29 is 27.4 Å². The van der Waals surface area contributed by atoms with Crippen molar-refractivity contribution >= 4 is 34.3 Å². The number of halogens is 3. The highest BCUT2D eigenvalue weighted by Gasteiger charge is 2.30. The molecule has 0 unspecified atom stereocenters. The molecule has 0 aliphatic heterocycles. The third-order valence-electron chi connectivity index (χ3n) is 4.17. The first-order chi connectivity index (χ1) is 15.3. The van der Waals surface area contributed by atoms with E-state index in [2.05, 4.69) is 20.8 Å². The summed E-state index contributed by atoms with van der Waals surface area (Å²) in [4.78, 5) is 16.4. The average molecular weight is 464 g/mol. The molecule has 7 nitrogen and oxygen atoms in total. The lowest BCUT2D eigenvalue weighted by molar-refractivity contribution is -0.137. The van der Waals surface area contributed by atoms with E-state index in [-0.39, 0.29) is 12.1 Å². The molecule has 0 fully saturated rings. The molecule has 32 heavy (non-hydrogen) atoms. The first kappa shape index (κ1) is 23.1. The first-order valence-corrected chi connectivity index (χ1v) is 10.1. The minimum Gasteiger partial charge on any atom is -0.497 e. The number of ether oxygens (including phenoxy) is 2. The van der Waals surface area contributed by atoms with Crippen molar-refractivity contribution in [3.63, 3.8) is 0 Å². The Labute approximate surface area is 185 Å². The topological polar surface area (TPSA) is 84.8 Å². The number of anilines is 2. The van der Waals surface area contributed by atoms with Gasteiger partial charge in [-0.25, -0.2) is 10.4 Å². The van der Waals surface area contributed by atoms with Gasteiger partial charge in [0.2, 0.25) is 5.91 Å². The summed E-state index contributed by atoms with van der Waals surface area (Å²) in [5.41, 5.74) is 3.00. The smallest absolute Gasteiger partial charge is 0.416 e. The molecule has 0 saturated carbocycles. The summed E-state index contributed by atoms with van der Waals surface area (Å²) in [7, 11) is 3.06. The van der Waals surface area contributed by atoms with Gasteiger partial charge in [0.05, 0.1) is 38.1 Å². The SMILES string of the molecule is COc1ccc(/C=N\NC(=O)Cc2csc(Nc3cccc(C(F)(F)F)c3)n2)c(OC)c1. The molecule has 0 atom stereocenters. The van der Waals surface area contributed by atoms with E-state index in [9.17, 15) is 18.0 Å². The van der Waals surface area contributed by atoms with Crippen LogP contribution in [0.15, 0.2) is 52.9 Å². The molecule has 0 aliphatic rings. The molecule has 2 aromatic carbocycles. The zero-order valence-electron chi connectivity index (χ0n) is 17.1. The number of benzene rings is 2. The number of nitrogens with one attached hydrogen (secondary N) is 2. The van der Waals surface area contributed by atoms with Crippen LogP contribution in [0.4, 0.5) is 24.0 Å². The van der Waals surface area contributed by atoms with Crippen LogP contribution in [-0.2, 0) is 17.4 Å². The zero-order valence-corrected chi connectivity index (χ0v) is 17.9. The van der Waals surface area contributed by atoms with Crippen molar-refractivity contribution in [2.45, 2.75) is 12.6 Å². The highest BCUT2D eigenvalue weighted by molar-refractivity contribution is 7.13. The Morgan fingerprint density at radius 3 is 2.72 bits per heavy atom. The fourth-order valence-electron chi connectivity index (χ4n) is 2.65. The van der Waals surface area contributed by atoms with Crippen LogP contribution in [0.25, 0.3) is 0 Å². The van der Waals surface area contributed by atoms with Crippen LogP contribution in [0, 0.1) is 0 Å². The van der Waals surface area contributed by atoms with Crippen LogP contribution in [0.5, 0.6) is 11.5 Å². The van der Waals surface area contributed by atoms with E-state index in [0.717, 1.165) is 12.1 Å². The van der Waals surface area contributed by atoms with Gasteiger partial charge in [0, 0.05) is 22.7 Å². The molecule has 168 valence electrons. The van der Waals surface area contributed by atoms with Crippen LogP contribution in [0.1, 0.15) is 16.8 Å². The lowest BCUT2D eigenvalue weighted by Crippen LogP contribution is -2.20. The second kappa shape index (κ2) is 10.1. The van der Waals surface area contributed by atoms with E-state index < -0.39 is 17.6 Å². The number of aromatic nitrogens is 1. The molecule has 0 spiro atoms. The normalized spacial score (nSPS) is 11.4. The van der Waals surface area contributed by atoms with Crippen molar-refractivity contribution in [2.75, 3.05) is 19.5 Å². The summed E-state index contributed by atoms with van der Waals surface area (Å²) in [5, 5.41) is 8.75. The maximum atomic E-state index is 12.8. The highest BCUT2D eigenvalue weighted by atomic mass is 32.1. The molecule has 0 aliphatic carbocycles. The molecule has 2 N–H and O–H groups in total. The lowest BCUT2D eigenvalue weighted by Gasteiger charge is -2.08. The first-order valence-electron chi connectivity index (χ1n) is 9.21. The summed E-state index contributed by atoms with van der Waals surface area (Å²) in [5.74, 6) is 0.762. The van der Waals surface area contributed by atoms with E-state index in [1.807, 2.05) is 0 Å². The summed E-state index contributed by atoms with van der Waals surface area (Å²) in [6, 6.07) is 9.96. The number of hydrogen-bond acceptors (Lipinski definition) is 7. The molecule has 0 radical (unpaired) electrons. The largest absolute Gasteiger partial charge is 0.497 e. The van der Waals surface area contributed by atoms with Crippen molar-refractivity contribution in [1.82, 2.24) is 10.4 Å². The van der Waals surface area contributed by atoms with Gasteiger partial charge in [-0.2, -0.15) is 18.3 Å². The van der Waals surface area contributed by atoms with Gasteiger partial charge in [0.25, 0.3) is 0 Å². The lowest BCUT2D eigenvalue weighted by atomic mass is 10.2. The summed E-state index contributed by atoms with van der Waals surface area (Å²) in [6.45, 7) is 0. The Hall–Kier alpha value is -3.60. The Balaban J connectivity index is 1.57. The molecule has 0 bridgehead atoms. The number of carbonyl (C=O) groups is 1. The molecular weight excluding hydrogens is 445 g/mol. The van der Waals surface area contributed by atoms with E-state index in [1.165, 1.54) is 36.8 Å². The summed E-state index contributed by atoms with van der Waals surface area (Å²) >= 11 is 1.18. The van der Waals surface area contributed by atoms with E-state index >= 15 is 0 Å². The van der Waals surface area contributed by atoms with Crippen LogP contribution < -0.4 is 20.2 Å². The van der Waals surface area contributed by atoms with E-state index in [1.54, 1.807) is 30.7 Å². The summed E-state index contributed by atoms with van der Waals surface area (Å²) in [6.07, 6.45) is -3.03. The van der Waals surface area contributed by atoms with Gasteiger partial charge >= 0.3 is 6.18 Å². The van der Waals surface area contributed by atoms with Gasteiger partial charge in [-0.1, -0.05) is 6.07 Å². The molecule has 1 amide bonds. The Kier molecular flexibility index (Phi) is 7.31. The Morgan fingerprint density at radius 1 is 1.19 bits per heavy atom. The average Bonchev–Trinajstić information content (AvgIpc) is 3.20. The maximum Gasteiger partial charge on any atom is 0.416 e. The van der Waals surface area contributed by atoms with Crippen LogP contribution in [-0.4, -0.2) is 31.3 Å². The minimum absolute atomic E-state index is 0.0438. The van der Waals surface area contributed by atoms with Crippen molar-refractivity contribution in [3.05, 3.63) is 64.7 Å². The minimum atomic E-state index is -4.43. The fourth-order valence-corrected chi connectivity index (χ4v) is 3.38. The van der Waals surface area contributed by atoms with Crippen LogP contribution in [0.2, 0.25) is 0 Å². The number of amides is 1. The van der Waals surface area contributed by atoms with Crippen LogP contribution in [0.3, 0.4) is 0 Å². The molecular formula is C21H19F3N4O3S. The third-order valence-corrected chi connectivity index (χ3v) is 4.97. The van der Waals surface area contributed by atoms with E-state index in [4.69, 9.17) is 9.47 Å². The zero-order chi connectivity index (χ0) is 23.1. The quantitative estimate of drug-likeness (QED) is 0.376. The maximum absolute atomic E-state index is 12.8. The van der Waals surface area contributed by atoms with Crippen molar-refractivity contribution in [2.24, 2.45) is 5.10 Å². The van der Waals surface area contributed by atoms with Crippen LogP contribution >= 0.6 is 11.3 Å². The second-order valence-corrected chi connectivity index (χ2v) is 7.28. The van der Waals surface area contributed by atoms with Gasteiger partial charge in [0.1, 0.15) is 11.5 Å². The Bertz CT molecular complexity index is 1120. The number of thiazole rings is 1. The molecule has 0 saturated heterocycles. The molecule has 1 aromatic heterocycles. The Morgan fingerprint density at radius 2 is 2.00 bits per heavy atom. The predicted molar refractivity (Wildman–Crippen MR) is 116 cm³/mol. The number of hydrazone groups is 1. The second-order valence-electron chi connectivity index (χ2n) is 6.43. The number of hydrogen-bond donors (Lipinski definition) is 2. The number of carbonyl (C=O) groups excluding carboxylic acids is 1. The van der Waals surface area contributed by atoms with Gasteiger partial charge in [-0.05, 0) is 30.3 Å². The summed E-state index contributed by atoms with van der Waals surface area (Å²) < 4.78 is 48.9. The van der Waals surface area contributed by atoms with E-state index in [0.29, 0.717) is 27.9 Å². The number of nitrogens with zero attached hydrogens (tertiary/aromatic N) is 2. The van der Waals surface area contributed by atoms with Crippen molar-refractivity contribution in [3.8, 4) is 11.5 Å². The molecule has 3 aromatic rings. The van der Waals surface area contributed by atoms with Gasteiger partial charge in [-0.3, -0.25) is 4.79 Å². The third kappa shape index (κ3) is 6.20. The predicted octanol–water partition coefficient (Wildman–Crippen LogP) is 4.62. The number of methoxy groups -OCH3 is 2.